The molecule has 0 radical (unpaired) electrons. The fourth-order valence-corrected chi connectivity index (χ4v) is 3.07. The van der Waals surface area contributed by atoms with Crippen LogP contribution in [-0.2, 0) is 0 Å². The summed E-state index contributed by atoms with van der Waals surface area (Å²) in [5.74, 6) is 15.5. The first-order valence-electron chi connectivity index (χ1n) is 7.32. The Labute approximate surface area is 107 Å². The fraction of sp³-hybridized carbons (Fsp3) is 0.765. The van der Waals surface area contributed by atoms with Crippen LogP contribution in [0.3, 0.4) is 0 Å². The van der Waals surface area contributed by atoms with Gasteiger partial charge >= 0.3 is 0 Å². The van der Waals surface area contributed by atoms with Crippen LogP contribution in [0, 0.1) is 41.4 Å². The molecule has 2 aliphatic carbocycles. The van der Waals surface area contributed by atoms with Gasteiger partial charge in [0.2, 0.25) is 0 Å². The van der Waals surface area contributed by atoms with Gasteiger partial charge in [0, 0.05) is 17.8 Å². The van der Waals surface area contributed by atoms with Crippen LogP contribution in [0.5, 0.6) is 0 Å². The molecule has 2 saturated carbocycles. The van der Waals surface area contributed by atoms with Crippen LogP contribution in [0.25, 0.3) is 0 Å². The van der Waals surface area contributed by atoms with E-state index in [1.165, 1.54) is 57.8 Å². The molecule has 92 valence electrons. The molecule has 0 N–H and O–H groups in total. The van der Waals surface area contributed by atoms with E-state index in [9.17, 15) is 0 Å². The first-order valence-corrected chi connectivity index (χ1v) is 7.32. The Morgan fingerprint density at radius 3 is 1.59 bits per heavy atom. The second kappa shape index (κ2) is 6.76. The van der Waals surface area contributed by atoms with Crippen LogP contribution in [0.2, 0.25) is 0 Å². The second-order valence-corrected chi connectivity index (χ2v) is 5.57. The van der Waals surface area contributed by atoms with Gasteiger partial charge in [-0.05, 0) is 45.4 Å². The fourth-order valence-electron chi connectivity index (χ4n) is 3.07. The molecule has 0 unspecified atom stereocenters. The van der Waals surface area contributed by atoms with Crippen molar-refractivity contribution in [2.45, 2.75) is 64.7 Å². The second-order valence-electron chi connectivity index (χ2n) is 5.57. The van der Waals surface area contributed by atoms with Crippen molar-refractivity contribution in [3.63, 3.8) is 0 Å². The molecule has 2 aliphatic rings. The number of rotatable bonds is 0. The highest BCUT2D eigenvalue weighted by atomic mass is 14.2. The maximum atomic E-state index is 3.56. The lowest BCUT2D eigenvalue weighted by Crippen LogP contribution is -2.12. The highest BCUT2D eigenvalue weighted by Gasteiger charge is 2.18. The summed E-state index contributed by atoms with van der Waals surface area (Å²) in [6.07, 6.45) is 12.0. The van der Waals surface area contributed by atoms with Gasteiger partial charge in [-0.25, -0.2) is 0 Å². The lowest BCUT2D eigenvalue weighted by molar-refractivity contribution is 0.371. The highest BCUT2D eigenvalue weighted by molar-refractivity contribution is 5.10. The number of hydrogen-bond donors (Lipinski definition) is 0. The predicted molar refractivity (Wildman–Crippen MR) is 73.2 cm³/mol. The van der Waals surface area contributed by atoms with E-state index in [0.29, 0.717) is 11.8 Å². The Morgan fingerprint density at radius 2 is 1.06 bits per heavy atom. The summed E-state index contributed by atoms with van der Waals surface area (Å²) in [6.45, 7) is 1.95. The molecule has 0 bridgehead atoms. The summed E-state index contributed by atoms with van der Waals surface area (Å²) < 4.78 is 0. The molecule has 0 nitrogen and oxygen atoms in total. The molecule has 0 atom stereocenters. The lowest BCUT2D eigenvalue weighted by atomic mass is 9.82. The Balaban J connectivity index is 1.76. The molecule has 0 aromatic carbocycles. The molecule has 0 aromatic heterocycles. The van der Waals surface area contributed by atoms with E-state index < -0.39 is 0 Å². The lowest BCUT2D eigenvalue weighted by Gasteiger charge is -2.22. The van der Waals surface area contributed by atoms with Gasteiger partial charge in [-0.3, -0.25) is 0 Å². The SMILES string of the molecule is CC#CC1CCC(C#CC2CCCCC2)CC1. The third kappa shape index (κ3) is 4.12. The van der Waals surface area contributed by atoms with Crippen molar-refractivity contribution in [3.8, 4) is 23.7 Å². The summed E-state index contributed by atoms with van der Waals surface area (Å²) in [6, 6.07) is 0. The van der Waals surface area contributed by atoms with Crippen molar-refractivity contribution < 1.29 is 0 Å². The largest absolute Gasteiger partial charge is 0.106 e. The molecule has 0 heteroatoms. The first kappa shape index (κ1) is 12.6. The normalized spacial score (nSPS) is 29.7. The first-order chi connectivity index (χ1) is 8.38. The topological polar surface area (TPSA) is 0 Å². The van der Waals surface area contributed by atoms with E-state index in [1.807, 2.05) is 6.92 Å². The van der Waals surface area contributed by atoms with E-state index >= 15 is 0 Å². The Kier molecular flexibility index (Phi) is 5.00. The van der Waals surface area contributed by atoms with Crippen molar-refractivity contribution in [2.75, 3.05) is 0 Å². The van der Waals surface area contributed by atoms with Gasteiger partial charge in [-0.2, -0.15) is 0 Å². The van der Waals surface area contributed by atoms with Gasteiger partial charge in [-0.1, -0.05) is 31.1 Å². The average Bonchev–Trinajstić information content (AvgIpc) is 2.40. The summed E-state index contributed by atoms with van der Waals surface area (Å²) in [5.41, 5.74) is 0. The maximum absolute atomic E-state index is 3.56. The third-order valence-corrected chi connectivity index (χ3v) is 4.17. The quantitative estimate of drug-likeness (QED) is 0.539. The van der Waals surface area contributed by atoms with Crippen LogP contribution in [0.1, 0.15) is 64.7 Å². The monoisotopic (exact) mass is 228 g/mol. The van der Waals surface area contributed by atoms with Gasteiger partial charge in [-0.15, -0.1) is 11.8 Å². The van der Waals surface area contributed by atoms with Crippen molar-refractivity contribution >= 4 is 0 Å². The van der Waals surface area contributed by atoms with Crippen molar-refractivity contribution in [1.82, 2.24) is 0 Å². The van der Waals surface area contributed by atoms with Gasteiger partial charge in [0.25, 0.3) is 0 Å². The predicted octanol–water partition coefficient (Wildman–Crippen LogP) is 4.40. The molecule has 2 fully saturated rings. The summed E-state index contributed by atoms with van der Waals surface area (Å²) in [4.78, 5) is 0. The molecule has 2 rings (SSSR count). The minimum absolute atomic E-state index is 0.660. The molecular weight excluding hydrogens is 204 g/mol. The molecule has 0 heterocycles. The van der Waals surface area contributed by atoms with Gasteiger partial charge in [0.05, 0.1) is 0 Å². The smallest absolute Gasteiger partial charge is 0.0203 e. The molecule has 0 saturated heterocycles. The van der Waals surface area contributed by atoms with Crippen LogP contribution >= 0.6 is 0 Å². The van der Waals surface area contributed by atoms with Gasteiger partial charge in [0.1, 0.15) is 0 Å². The molecule has 0 amide bonds. The maximum Gasteiger partial charge on any atom is 0.0203 e. The standard InChI is InChI=1S/C17H24/c1-2-6-15-9-12-17(13-10-15)14-11-16-7-4-3-5-8-16/h15-17H,3-5,7-10,12-13H2,1H3. The van der Waals surface area contributed by atoms with Crippen molar-refractivity contribution in [3.05, 3.63) is 0 Å². The Hall–Kier alpha value is -0.880. The zero-order valence-electron chi connectivity index (χ0n) is 11.1. The van der Waals surface area contributed by atoms with E-state index in [1.54, 1.807) is 0 Å². The summed E-state index contributed by atoms with van der Waals surface area (Å²) in [5, 5.41) is 0. The zero-order valence-corrected chi connectivity index (χ0v) is 11.1. The van der Waals surface area contributed by atoms with Crippen molar-refractivity contribution in [2.24, 2.45) is 17.8 Å². The van der Waals surface area contributed by atoms with Crippen LogP contribution in [0.4, 0.5) is 0 Å². The molecule has 0 spiro atoms. The Bertz CT molecular complexity index is 330. The van der Waals surface area contributed by atoms with E-state index in [-0.39, 0.29) is 0 Å². The average molecular weight is 228 g/mol. The minimum atomic E-state index is 0.660. The van der Waals surface area contributed by atoms with Gasteiger partial charge < -0.3 is 0 Å². The van der Waals surface area contributed by atoms with Crippen LogP contribution in [-0.4, -0.2) is 0 Å². The van der Waals surface area contributed by atoms with Gasteiger partial charge in [0.15, 0.2) is 0 Å². The van der Waals surface area contributed by atoms with E-state index in [2.05, 4.69) is 23.7 Å². The molecule has 0 aliphatic heterocycles. The molecule has 17 heavy (non-hydrogen) atoms. The summed E-state index contributed by atoms with van der Waals surface area (Å²) >= 11 is 0. The van der Waals surface area contributed by atoms with E-state index in [0.717, 1.165) is 5.92 Å². The van der Waals surface area contributed by atoms with Crippen LogP contribution < -0.4 is 0 Å². The van der Waals surface area contributed by atoms with Crippen molar-refractivity contribution in [1.29, 1.82) is 0 Å². The third-order valence-electron chi connectivity index (χ3n) is 4.17. The number of hydrogen-bond acceptors (Lipinski definition) is 0. The van der Waals surface area contributed by atoms with Crippen LogP contribution in [0.15, 0.2) is 0 Å². The highest BCUT2D eigenvalue weighted by Crippen LogP contribution is 2.28. The Morgan fingerprint density at radius 1 is 0.588 bits per heavy atom. The molecular formula is C17H24. The summed E-state index contributed by atoms with van der Waals surface area (Å²) in [7, 11) is 0. The zero-order chi connectivity index (χ0) is 11.9. The van der Waals surface area contributed by atoms with E-state index in [4.69, 9.17) is 0 Å². The molecule has 0 aromatic rings. The minimum Gasteiger partial charge on any atom is -0.106 e.